The van der Waals surface area contributed by atoms with E-state index in [1.165, 1.54) is 11.8 Å². The normalized spacial score (nSPS) is 12.0. The van der Waals surface area contributed by atoms with Crippen molar-refractivity contribution in [2.45, 2.75) is 24.0 Å². The molecule has 1 atom stereocenters. The first-order chi connectivity index (χ1) is 9.95. The van der Waals surface area contributed by atoms with Crippen LogP contribution in [-0.4, -0.2) is 16.1 Å². The third-order valence-corrected chi connectivity index (χ3v) is 4.56. The molecule has 0 aliphatic rings. The van der Waals surface area contributed by atoms with Gasteiger partial charge in [-0.2, -0.15) is 0 Å². The van der Waals surface area contributed by atoms with Gasteiger partial charge in [0.25, 0.3) is 0 Å². The van der Waals surface area contributed by atoms with Gasteiger partial charge in [-0.3, -0.25) is 4.79 Å². The van der Waals surface area contributed by atoms with E-state index >= 15 is 0 Å². The van der Waals surface area contributed by atoms with E-state index in [4.69, 9.17) is 23.2 Å². The van der Waals surface area contributed by atoms with Crippen LogP contribution < -0.4 is 5.32 Å². The van der Waals surface area contributed by atoms with Crippen LogP contribution in [0, 0.1) is 6.92 Å². The molecule has 1 heterocycles. The first kappa shape index (κ1) is 16.1. The lowest BCUT2D eigenvalue weighted by Crippen LogP contribution is -2.22. The molecule has 2 aromatic rings. The summed E-state index contributed by atoms with van der Waals surface area (Å²) in [4.78, 5) is 17.1. The number of thioether (sulfide) groups is 1. The summed E-state index contributed by atoms with van der Waals surface area (Å²) in [5, 5.41) is 3.63. The van der Waals surface area contributed by atoms with E-state index in [0.717, 1.165) is 10.5 Å². The number of anilines is 1. The number of hydrogen-bond donors (Lipinski definition) is 1. The maximum absolute atomic E-state index is 12.1. The third kappa shape index (κ3) is 4.63. The molecule has 1 unspecified atom stereocenters. The number of rotatable bonds is 4. The Labute approximate surface area is 138 Å². The topological polar surface area (TPSA) is 42.0 Å². The smallest absolute Gasteiger partial charge is 0.238 e. The van der Waals surface area contributed by atoms with Crippen LogP contribution in [0.25, 0.3) is 0 Å². The van der Waals surface area contributed by atoms with E-state index in [0.29, 0.717) is 15.9 Å². The summed E-state index contributed by atoms with van der Waals surface area (Å²) in [7, 11) is 0. The largest absolute Gasteiger partial charge is 0.310 e. The van der Waals surface area contributed by atoms with Gasteiger partial charge in [0.15, 0.2) is 0 Å². The van der Waals surface area contributed by atoms with Crippen molar-refractivity contribution in [3.8, 4) is 0 Å². The minimum absolute atomic E-state index is 0.132. The molecule has 0 fully saturated rings. The van der Waals surface area contributed by atoms with Crippen LogP contribution in [0.15, 0.2) is 41.4 Å². The fourth-order valence-corrected chi connectivity index (χ4v) is 2.99. The van der Waals surface area contributed by atoms with Gasteiger partial charge in [0.2, 0.25) is 5.91 Å². The maximum Gasteiger partial charge on any atom is 0.238 e. The molecule has 1 amide bonds. The molecule has 1 aromatic carbocycles. The first-order valence-electron chi connectivity index (χ1n) is 6.31. The number of aryl methyl sites for hydroxylation is 1. The summed E-state index contributed by atoms with van der Waals surface area (Å²) in [6.07, 6.45) is 1.71. The molecule has 0 saturated heterocycles. The summed E-state index contributed by atoms with van der Waals surface area (Å²) in [6, 6.07) is 8.86. The van der Waals surface area contributed by atoms with E-state index in [9.17, 15) is 4.79 Å². The van der Waals surface area contributed by atoms with Crippen LogP contribution in [0.3, 0.4) is 0 Å². The first-order valence-corrected chi connectivity index (χ1v) is 7.94. The van der Waals surface area contributed by atoms with Crippen LogP contribution in [0.1, 0.15) is 12.5 Å². The highest BCUT2D eigenvalue weighted by Gasteiger charge is 2.16. The number of carbonyl (C=O) groups excluding carboxylic acids is 1. The van der Waals surface area contributed by atoms with Crippen molar-refractivity contribution in [3.05, 3.63) is 52.1 Å². The Morgan fingerprint density at radius 2 is 2.05 bits per heavy atom. The van der Waals surface area contributed by atoms with Gasteiger partial charge in [0.05, 0.1) is 10.3 Å². The zero-order valence-electron chi connectivity index (χ0n) is 11.6. The molecular formula is C15H14Cl2N2OS. The van der Waals surface area contributed by atoms with Crippen LogP contribution in [0.5, 0.6) is 0 Å². The predicted octanol–water partition coefficient (Wildman–Crippen LogP) is 4.82. The number of pyridine rings is 1. The average molecular weight is 341 g/mol. The van der Waals surface area contributed by atoms with E-state index in [1.807, 2.05) is 19.9 Å². The lowest BCUT2D eigenvalue weighted by atomic mass is 10.3. The maximum atomic E-state index is 12.1. The number of halogens is 2. The van der Waals surface area contributed by atoms with Crippen molar-refractivity contribution in [1.82, 2.24) is 4.98 Å². The molecular weight excluding hydrogens is 327 g/mol. The quantitative estimate of drug-likeness (QED) is 0.811. The molecule has 1 N–H and O–H groups in total. The second kappa shape index (κ2) is 7.16. The Balaban J connectivity index is 2.02. The molecule has 0 saturated carbocycles. The summed E-state index contributed by atoms with van der Waals surface area (Å²) in [5.74, 6) is 0.405. The van der Waals surface area contributed by atoms with Gasteiger partial charge in [-0.15, -0.1) is 11.8 Å². The Morgan fingerprint density at radius 1 is 1.29 bits per heavy atom. The molecule has 21 heavy (non-hydrogen) atoms. The number of nitrogens with one attached hydrogen (secondary N) is 1. The Morgan fingerprint density at radius 3 is 2.71 bits per heavy atom. The van der Waals surface area contributed by atoms with Crippen molar-refractivity contribution in [2.75, 3.05) is 5.32 Å². The SMILES string of the molecule is Cc1ccc(NC(=O)C(C)Sc2cc(Cl)ccc2Cl)nc1. The summed E-state index contributed by atoms with van der Waals surface area (Å²) in [5.41, 5.74) is 1.04. The van der Waals surface area contributed by atoms with E-state index < -0.39 is 0 Å². The van der Waals surface area contributed by atoms with Gasteiger partial charge in [-0.25, -0.2) is 4.98 Å². The number of carbonyl (C=O) groups is 1. The van der Waals surface area contributed by atoms with Gasteiger partial charge in [0, 0.05) is 16.1 Å². The fraction of sp³-hybridized carbons (Fsp3) is 0.200. The summed E-state index contributed by atoms with van der Waals surface area (Å²) in [6.45, 7) is 3.75. The van der Waals surface area contributed by atoms with Crippen molar-refractivity contribution in [2.24, 2.45) is 0 Å². The van der Waals surface area contributed by atoms with Crippen molar-refractivity contribution in [1.29, 1.82) is 0 Å². The fourth-order valence-electron chi connectivity index (χ4n) is 1.58. The van der Waals surface area contributed by atoms with Gasteiger partial charge >= 0.3 is 0 Å². The lowest BCUT2D eigenvalue weighted by Gasteiger charge is -2.12. The molecule has 1 aromatic heterocycles. The number of amides is 1. The summed E-state index contributed by atoms with van der Waals surface area (Å²) >= 11 is 13.4. The molecule has 0 radical (unpaired) electrons. The zero-order valence-corrected chi connectivity index (χ0v) is 13.9. The molecule has 110 valence electrons. The van der Waals surface area contributed by atoms with Gasteiger partial charge in [-0.05, 0) is 43.7 Å². The highest BCUT2D eigenvalue weighted by molar-refractivity contribution is 8.00. The van der Waals surface area contributed by atoms with Crippen molar-refractivity contribution < 1.29 is 4.79 Å². The number of aromatic nitrogens is 1. The van der Waals surface area contributed by atoms with Gasteiger partial charge < -0.3 is 5.32 Å². The van der Waals surface area contributed by atoms with Crippen LogP contribution in [0.4, 0.5) is 5.82 Å². The molecule has 0 bridgehead atoms. The lowest BCUT2D eigenvalue weighted by molar-refractivity contribution is -0.115. The molecule has 0 aliphatic heterocycles. The Kier molecular flexibility index (Phi) is 5.51. The standard InChI is InChI=1S/C15H14Cl2N2OS/c1-9-3-6-14(18-8-9)19-15(20)10(2)21-13-7-11(16)4-5-12(13)17/h3-8,10H,1-2H3,(H,18,19,20). The highest BCUT2D eigenvalue weighted by atomic mass is 35.5. The zero-order chi connectivity index (χ0) is 15.4. The molecule has 0 spiro atoms. The Hall–Kier alpha value is -1.23. The third-order valence-electron chi connectivity index (χ3n) is 2.73. The minimum Gasteiger partial charge on any atom is -0.310 e. The second-order valence-electron chi connectivity index (χ2n) is 4.54. The van der Waals surface area contributed by atoms with Crippen LogP contribution in [0.2, 0.25) is 10.0 Å². The molecule has 2 rings (SSSR count). The van der Waals surface area contributed by atoms with E-state index in [2.05, 4.69) is 10.3 Å². The van der Waals surface area contributed by atoms with Crippen LogP contribution >= 0.6 is 35.0 Å². The van der Waals surface area contributed by atoms with E-state index in [1.54, 1.807) is 30.5 Å². The number of nitrogens with zero attached hydrogens (tertiary/aromatic N) is 1. The molecule has 6 heteroatoms. The monoisotopic (exact) mass is 340 g/mol. The number of hydrogen-bond acceptors (Lipinski definition) is 3. The van der Waals surface area contributed by atoms with Crippen molar-refractivity contribution in [3.63, 3.8) is 0 Å². The second-order valence-corrected chi connectivity index (χ2v) is 6.77. The minimum atomic E-state index is -0.316. The molecule has 0 aliphatic carbocycles. The average Bonchev–Trinajstić information content (AvgIpc) is 2.45. The highest BCUT2D eigenvalue weighted by Crippen LogP contribution is 2.32. The van der Waals surface area contributed by atoms with Gasteiger partial charge in [-0.1, -0.05) is 29.3 Å². The van der Waals surface area contributed by atoms with Gasteiger partial charge in [0.1, 0.15) is 5.82 Å². The van der Waals surface area contributed by atoms with E-state index in [-0.39, 0.29) is 11.2 Å². The Bertz CT molecular complexity index is 647. The number of benzene rings is 1. The van der Waals surface area contributed by atoms with Crippen molar-refractivity contribution >= 4 is 46.7 Å². The predicted molar refractivity (Wildman–Crippen MR) is 89.4 cm³/mol. The van der Waals surface area contributed by atoms with Crippen LogP contribution in [-0.2, 0) is 4.79 Å². The summed E-state index contributed by atoms with van der Waals surface area (Å²) < 4.78 is 0. The molecule has 3 nitrogen and oxygen atoms in total.